The van der Waals surface area contributed by atoms with Crippen LogP contribution in [0.4, 0.5) is 5.69 Å². The summed E-state index contributed by atoms with van der Waals surface area (Å²) < 4.78 is 4.93. The summed E-state index contributed by atoms with van der Waals surface area (Å²) in [6.07, 6.45) is 0. The van der Waals surface area contributed by atoms with Crippen molar-refractivity contribution >= 4 is 46.2 Å². The van der Waals surface area contributed by atoms with Crippen LogP contribution in [0.3, 0.4) is 0 Å². The van der Waals surface area contributed by atoms with Crippen LogP contribution in [0, 0.1) is 0 Å². The first kappa shape index (κ1) is 16.1. The Hall–Kier alpha value is -2.25. The van der Waals surface area contributed by atoms with Crippen LogP contribution < -0.4 is 10.6 Å². The number of esters is 1. The molecule has 0 aliphatic carbocycles. The molecule has 1 aromatic carbocycles. The van der Waals surface area contributed by atoms with Crippen LogP contribution in [0.25, 0.3) is 0 Å². The highest BCUT2D eigenvalue weighted by Crippen LogP contribution is 2.12. The SMILES string of the molecule is CCOC(=O)c1cccc(NC(=S)NC(=O)c2cccs2)c1. The minimum absolute atomic E-state index is 0.166. The molecule has 0 atom stereocenters. The van der Waals surface area contributed by atoms with E-state index in [9.17, 15) is 9.59 Å². The monoisotopic (exact) mass is 334 g/mol. The number of rotatable bonds is 4. The van der Waals surface area contributed by atoms with Crippen molar-refractivity contribution in [2.24, 2.45) is 0 Å². The molecule has 0 fully saturated rings. The fourth-order valence-corrected chi connectivity index (χ4v) is 2.50. The summed E-state index contributed by atoms with van der Waals surface area (Å²) in [4.78, 5) is 24.1. The normalized spacial score (nSPS) is 9.86. The predicted octanol–water partition coefficient (Wildman–Crippen LogP) is 3.05. The van der Waals surface area contributed by atoms with Crippen molar-refractivity contribution in [2.75, 3.05) is 11.9 Å². The Morgan fingerprint density at radius 3 is 2.77 bits per heavy atom. The maximum absolute atomic E-state index is 11.9. The summed E-state index contributed by atoms with van der Waals surface area (Å²) >= 11 is 6.42. The van der Waals surface area contributed by atoms with E-state index in [4.69, 9.17) is 17.0 Å². The van der Waals surface area contributed by atoms with Crippen molar-refractivity contribution in [3.63, 3.8) is 0 Å². The molecule has 114 valence electrons. The molecule has 2 aromatic rings. The zero-order valence-electron chi connectivity index (χ0n) is 11.8. The van der Waals surface area contributed by atoms with Crippen molar-refractivity contribution in [2.45, 2.75) is 6.92 Å². The average molecular weight is 334 g/mol. The fraction of sp³-hybridized carbons (Fsp3) is 0.133. The highest BCUT2D eigenvalue weighted by atomic mass is 32.1. The second-order valence-electron chi connectivity index (χ2n) is 4.19. The number of benzene rings is 1. The Balaban J connectivity index is 1.98. The molecule has 5 nitrogen and oxygen atoms in total. The topological polar surface area (TPSA) is 67.4 Å². The molecule has 0 aliphatic rings. The lowest BCUT2D eigenvalue weighted by molar-refractivity contribution is 0.0526. The zero-order valence-corrected chi connectivity index (χ0v) is 13.4. The fourth-order valence-electron chi connectivity index (χ4n) is 1.67. The summed E-state index contributed by atoms with van der Waals surface area (Å²) in [6, 6.07) is 10.2. The largest absolute Gasteiger partial charge is 0.462 e. The molecule has 0 spiro atoms. The zero-order chi connectivity index (χ0) is 15.9. The van der Waals surface area contributed by atoms with Gasteiger partial charge in [-0.2, -0.15) is 0 Å². The van der Waals surface area contributed by atoms with Crippen molar-refractivity contribution in [3.05, 3.63) is 52.2 Å². The summed E-state index contributed by atoms with van der Waals surface area (Å²) in [5.74, 6) is -0.672. The Morgan fingerprint density at radius 2 is 2.09 bits per heavy atom. The van der Waals surface area contributed by atoms with Gasteiger partial charge in [-0.15, -0.1) is 11.3 Å². The van der Waals surface area contributed by atoms with Gasteiger partial charge in [-0.3, -0.25) is 10.1 Å². The number of hydrogen-bond donors (Lipinski definition) is 2. The average Bonchev–Trinajstić information content (AvgIpc) is 3.02. The first-order chi connectivity index (χ1) is 10.6. The molecule has 0 unspecified atom stereocenters. The molecule has 1 amide bonds. The van der Waals surface area contributed by atoms with Gasteiger partial charge in [0.2, 0.25) is 0 Å². The van der Waals surface area contributed by atoms with E-state index in [-0.39, 0.29) is 11.0 Å². The summed E-state index contributed by atoms with van der Waals surface area (Å²) in [5.41, 5.74) is 1.02. The minimum atomic E-state index is -0.403. The lowest BCUT2D eigenvalue weighted by atomic mass is 10.2. The first-order valence-corrected chi connectivity index (χ1v) is 7.82. The van der Waals surface area contributed by atoms with Gasteiger partial charge in [0, 0.05) is 5.69 Å². The van der Waals surface area contributed by atoms with E-state index in [0.717, 1.165) is 0 Å². The Bertz CT molecular complexity index is 684. The molecule has 2 rings (SSSR count). The van der Waals surface area contributed by atoms with Gasteiger partial charge < -0.3 is 10.1 Å². The van der Waals surface area contributed by atoms with Crippen molar-refractivity contribution in [1.82, 2.24) is 5.32 Å². The molecule has 22 heavy (non-hydrogen) atoms. The summed E-state index contributed by atoms with van der Waals surface area (Å²) in [6.45, 7) is 2.06. The third-order valence-corrected chi connectivity index (χ3v) is 3.68. The van der Waals surface area contributed by atoms with Gasteiger partial charge >= 0.3 is 5.97 Å². The van der Waals surface area contributed by atoms with Gasteiger partial charge in [0.1, 0.15) is 0 Å². The van der Waals surface area contributed by atoms with Crippen LogP contribution in [-0.4, -0.2) is 23.6 Å². The van der Waals surface area contributed by atoms with Crippen LogP contribution in [0.1, 0.15) is 27.0 Å². The highest BCUT2D eigenvalue weighted by Gasteiger charge is 2.10. The lowest BCUT2D eigenvalue weighted by Gasteiger charge is -2.10. The second-order valence-corrected chi connectivity index (χ2v) is 5.54. The second kappa shape index (κ2) is 7.67. The molecule has 0 saturated heterocycles. The number of ether oxygens (including phenoxy) is 1. The number of thiocarbonyl (C=S) groups is 1. The van der Waals surface area contributed by atoms with E-state index in [1.165, 1.54) is 11.3 Å². The van der Waals surface area contributed by atoms with Gasteiger partial charge in [0.15, 0.2) is 5.11 Å². The van der Waals surface area contributed by atoms with Gasteiger partial charge in [-0.1, -0.05) is 12.1 Å². The van der Waals surface area contributed by atoms with Crippen LogP contribution in [-0.2, 0) is 4.74 Å². The number of hydrogen-bond acceptors (Lipinski definition) is 5. The number of anilines is 1. The number of carbonyl (C=O) groups excluding carboxylic acids is 2. The quantitative estimate of drug-likeness (QED) is 0.664. The Morgan fingerprint density at radius 1 is 1.27 bits per heavy atom. The van der Waals surface area contributed by atoms with Crippen molar-refractivity contribution in [1.29, 1.82) is 0 Å². The number of amides is 1. The standard InChI is InChI=1S/C15H14N2O3S2/c1-2-20-14(19)10-5-3-6-11(9-10)16-15(21)17-13(18)12-7-4-8-22-12/h3-9H,2H2,1H3,(H2,16,17,18,21). The molecular weight excluding hydrogens is 320 g/mol. The van der Waals surface area contributed by atoms with Crippen LogP contribution in [0.2, 0.25) is 0 Å². The first-order valence-electron chi connectivity index (χ1n) is 6.53. The van der Waals surface area contributed by atoms with E-state index < -0.39 is 5.97 Å². The van der Waals surface area contributed by atoms with Crippen molar-refractivity contribution < 1.29 is 14.3 Å². The van der Waals surface area contributed by atoms with Gasteiger partial charge in [0.25, 0.3) is 5.91 Å². The van der Waals surface area contributed by atoms with E-state index in [0.29, 0.717) is 22.7 Å². The van der Waals surface area contributed by atoms with E-state index in [1.54, 1.807) is 43.3 Å². The van der Waals surface area contributed by atoms with E-state index >= 15 is 0 Å². The molecule has 0 saturated carbocycles. The Kier molecular flexibility index (Phi) is 5.62. The summed E-state index contributed by atoms with van der Waals surface area (Å²) in [7, 11) is 0. The highest BCUT2D eigenvalue weighted by molar-refractivity contribution is 7.80. The molecule has 0 radical (unpaired) electrons. The molecular formula is C15H14N2O3S2. The van der Waals surface area contributed by atoms with Gasteiger partial charge in [-0.05, 0) is 48.8 Å². The maximum Gasteiger partial charge on any atom is 0.338 e. The Labute approximate surface area is 137 Å². The molecule has 0 bridgehead atoms. The van der Waals surface area contributed by atoms with E-state index in [2.05, 4.69) is 10.6 Å². The van der Waals surface area contributed by atoms with Crippen LogP contribution in [0.5, 0.6) is 0 Å². The summed E-state index contributed by atoms with van der Waals surface area (Å²) in [5, 5.41) is 7.43. The van der Waals surface area contributed by atoms with Crippen LogP contribution in [0.15, 0.2) is 41.8 Å². The van der Waals surface area contributed by atoms with E-state index in [1.807, 2.05) is 5.38 Å². The molecule has 1 aromatic heterocycles. The third-order valence-electron chi connectivity index (χ3n) is 2.60. The third kappa shape index (κ3) is 4.37. The van der Waals surface area contributed by atoms with Crippen molar-refractivity contribution in [3.8, 4) is 0 Å². The number of thiophene rings is 1. The molecule has 1 heterocycles. The predicted molar refractivity (Wildman–Crippen MR) is 90.4 cm³/mol. The molecule has 2 N–H and O–H groups in total. The van der Waals surface area contributed by atoms with Crippen LogP contribution >= 0.6 is 23.6 Å². The van der Waals surface area contributed by atoms with Gasteiger partial charge in [0.05, 0.1) is 17.0 Å². The molecule has 7 heteroatoms. The number of nitrogens with one attached hydrogen (secondary N) is 2. The maximum atomic E-state index is 11.9. The minimum Gasteiger partial charge on any atom is -0.462 e. The molecule has 0 aliphatic heterocycles. The smallest absolute Gasteiger partial charge is 0.338 e. The van der Waals surface area contributed by atoms with Gasteiger partial charge in [-0.25, -0.2) is 4.79 Å². The lowest BCUT2D eigenvalue weighted by Crippen LogP contribution is -2.33. The number of carbonyl (C=O) groups is 2.